The Morgan fingerprint density at radius 2 is 1.91 bits per heavy atom. The monoisotopic (exact) mass is 317 g/mol. The predicted molar refractivity (Wildman–Crippen MR) is 89.6 cm³/mol. The van der Waals surface area contributed by atoms with E-state index in [1.165, 1.54) is 5.56 Å². The fourth-order valence-electron chi connectivity index (χ4n) is 2.11. The van der Waals surface area contributed by atoms with Gasteiger partial charge in [0.25, 0.3) is 0 Å². The Morgan fingerprint density at radius 1 is 1.14 bits per heavy atom. The van der Waals surface area contributed by atoms with Crippen LogP contribution in [0.3, 0.4) is 0 Å². The second kappa shape index (κ2) is 7.85. The second-order valence-electron chi connectivity index (χ2n) is 5.16. The topological polar surface area (TPSA) is 38.3 Å². The van der Waals surface area contributed by atoms with E-state index in [0.29, 0.717) is 18.2 Å². The van der Waals surface area contributed by atoms with Gasteiger partial charge in [-0.25, -0.2) is 0 Å². The molecule has 0 unspecified atom stereocenters. The van der Waals surface area contributed by atoms with E-state index in [9.17, 15) is 4.79 Å². The zero-order valence-electron chi connectivity index (χ0n) is 12.9. The van der Waals surface area contributed by atoms with Crippen molar-refractivity contribution >= 4 is 17.5 Å². The maximum atomic E-state index is 11.9. The number of hydrogen-bond donors (Lipinski definition) is 1. The zero-order valence-corrected chi connectivity index (χ0v) is 13.6. The van der Waals surface area contributed by atoms with E-state index >= 15 is 0 Å². The van der Waals surface area contributed by atoms with Gasteiger partial charge in [-0.3, -0.25) is 4.79 Å². The lowest BCUT2D eigenvalue weighted by Gasteiger charge is -2.11. The molecule has 0 bridgehead atoms. The standard InChI is InChI=1S/C18H20ClNO2/c1-13-6-5-9-17(14(13)2)22-11-10-20-18(21)12-15-7-3-4-8-16(15)19/h3-9H,10-12H2,1-2H3,(H,20,21). The summed E-state index contributed by atoms with van der Waals surface area (Å²) in [7, 11) is 0. The summed E-state index contributed by atoms with van der Waals surface area (Å²) in [4.78, 5) is 11.9. The Kier molecular flexibility index (Phi) is 5.84. The molecule has 1 N–H and O–H groups in total. The number of halogens is 1. The van der Waals surface area contributed by atoms with Crippen LogP contribution in [0, 0.1) is 13.8 Å². The van der Waals surface area contributed by atoms with Gasteiger partial charge >= 0.3 is 0 Å². The van der Waals surface area contributed by atoms with Crippen molar-refractivity contribution in [2.75, 3.05) is 13.2 Å². The van der Waals surface area contributed by atoms with Crippen LogP contribution in [0.5, 0.6) is 5.75 Å². The molecule has 0 radical (unpaired) electrons. The zero-order chi connectivity index (χ0) is 15.9. The summed E-state index contributed by atoms with van der Waals surface area (Å²) >= 11 is 6.04. The van der Waals surface area contributed by atoms with Crippen LogP contribution in [-0.2, 0) is 11.2 Å². The summed E-state index contributed by atoms with van der Waals surface area (Å²) in [6.45, 7) is 4.99. The van der Waals surface area contributed by atoms with Crippen LogP contribution in [0.25, 0.3) is 0 Å². The normalized spacial score (nSPS) is 10.3. The van der Waals surface area contributed by atoms with Gasteiger partial charge in [-0.05, 0) is 42.7 Å². The summed E-state index contributed by atoms with van der Waals surface area (Å²) in [5.41, 5.74) is 3.15. The van der Waals surface area contributed by atoms with Crippen LogP contribution in [0.1, 0.15) is 16.7 Å². The third-order valence-corrected chi connectivity index (χ3v) is 3.91. The molecular weight excluding hydrogens is 298 g/mol. The summed E-state index contributed by atoms with van der Waals surface area (Å²) in [6, 6.07) is 13.3. The molecule has 116 valence electrons. The van der Waals surface area contributed by atoms with Gasteiger partial charge in [0.05, 0.1) is 13.0 Å². The number of nitrogens with one attached hydrogen (secondary N) is 1. The van der Waals surface area contributed by atoms with E-state index < -0.39 is 0 Å². The first kappa shape index (κ1) is 16.4. The van der Waals surface area contributed by atoms with Gasteiger partial charge in [0.15, 0.2) is 0 Å². The van der Waals surface area contributed by atoms with E-state index in [-0.39, 0.29) is 12.3 Å². The van der Waals surface area contributed by atoms with Crippen molar-refractivity contribution in [1.82, 2.24) is 5.32 Å². The molecule has 3 nitrogen and oxygen atoms in total. The van der Waals surface area contributed by atoms with Gasteiger partial charge in [0.1, 0.15) is 12.4 Å². The highest BCUT2D eigenvalue weighted by Gasteiger charge is 2.06. The van der Waals surface area contributed by atoms with Crippen molar-refractivity contribution in [3.05, 3.63) is 64.2 Å². The van der Waals surface area contributed by atoms with Gasteiger partial charge in [0, 0.05) is 5.02 Å². The van der Waals surface area contributed by atoms with Gasteiger partial charge in [-0.2, -0.15) is 0 Å². The lowest BCUT2D eigenvalue weighted by Crippen LogP contribution is -2.29. The molecular formula is C18H20ClNO2. The van der Waals surface area contributed by atoms with Crippen LogP contribution >= 0.6 is 11.6 Å². The highest BCUT2D eigenvalue weighted by Crippen LogP contribution is 2.20. The first-order valence-electron chi connectivity index (χ1n) is 7.27. The average Bonchev–Trinajstić information content (AvgIpc) is 2.50. The van der Waals surface area contributed by atoms with E-state index in [0.717, 1.165) is 16.9 Å². The molecule has 0 aliphatic heterocycles. The Labute approximate surface area is 136 Å². The second-order valence-corrected chi connectivity index (χ2v) is 5.57. The molecule has 0 fully saturated rings. The number of aryl methyl sites for hydroxylation is 1. The van der Waals surface area contributed by atoms with E-state index in [1.54, 1.807) is 6.07 Å². The first-order valence-corrected chi connectivity index (χ1v) is 7.65. The Balaban J connectivity index is 1.76. The van der Waals surface area contributed by atoms with Crippen molar-refractivity contribution in [3.63, 3.8) is 0 Å². The van der Waals surface area contributed by atoms with Gasteiger partial charge in [-0.1, -0.05) is 41.9 Å². The number of rotatable bonds is 6. The molecule has 22 heavy (non-hydrogen) atoms. The predicted octanol–water partition coefficient (Wildman–Crippen LogP) is 3.69. The largest absolute Gasteiger partial charge is 0.491 e. The average molecular weight is 318 g/mol. The van der Waals surface area contributed by atoms with E-state index in [4.69, 9.17) is 16.3 Å². The maximum absolute atomic E-state index is 11.9. The molecule has 0 spiro atoms. The summed E-state index contributed by atoms with van der Waals surface area (Å²) < 4.78 is 5.70. The molecule has 2 aromatic rings. The minimum Gasteiger partial charge on any atom is -0.491 e. The SMILES string of the molecule is Cc1cccc(OCCNC(=O)Cc2ccccc2Cl)c1C. The van der Waals surface area contributed by atoms with Crippen LogP contribution in [0.4, 0.5) is 0 Å². The molecule has 0 heterocycles. The van der Waals surface area contributed by atoms with Crippen LogP contribution in [0.15, 0.2) is 42.5 Å². The molecule has 1 amide bonds. The quantitative estimate of drug-likeness (QED) is 0.825. The van der Waals surface area contributed by atoms with Crippen molar-refractivity contribution in [3.8, 4) is 5.75 Å². The first-order chi connectivity index (χ1) is 10.6. The smallest absolute Gasteiger partial charge is 0.224 e. The lowest BCUT2D eigenvalue weighted by molar-refractivity contribution is -0.120. The highest BCUT2D eigenvalue weighted by atomic mass is 35.5. The molecule has 4 heteroatoms. The third kappa shape index (κ3) is 4.50. The molecule has 0 saturated heterocycles. The number of hydrogen-bond acceptors (Lipinski definition) is 2. The number of carbonyl (C=O) groups is 1. The number of ether oxygens (including phenoxy) is 1. The Morgan fingerprint density at radius 3 is 2.68 bits per heavy atom. The van der Waals surface area contributed by atoms with Crippen LogP contribution in [-0.4, -0.2) is 19.1 Å². The minimum absolute atomic E-state index is 0.0577. The lowest BCUT2D eigenvalue weighted by atomic mass is 10.1. The number of amides is 1. The van der Waals surface area contributed by atoms with Crippen LogP contribution < -0.4 is 10.1 Å². The van der Waals surface area contributed by atoms with E-state index in [1.807, 2.05) is 50.2 Å². The van der Waals surface area contributed by atoms with Crippen molar-refractivity contribution < 1.29 is 9.53 Å². The van der Waals surface area contributed by atoms with Gasteiger partial charge in [0.2, 0.25) is 5.91 Å². The molecule has 0 aliphatic carbocycles. The fraction of sp³-hybridized carbons (Fsp3) is 0.278. The third-order valence-electron chi connectivity index (χ3n) is 3.55. The molecule has 0 atom stereocenters. The molecule has 2 aromatic carbocycles. The number of benzene rings is 2. The molecule has 0 saturated carbocycles. The van der Waals surface area contributed by atoms with Gasteiger partial charge in [-0.15, -0.1) is 0 Å². The maximum Gasteiger partial charge on any atom is 0.224 e. The Bertz CT molecular complexity index is 655. The van der Waals surface area contributed by atoms with Crippen LogP contribution in [0.2, 0.25) is 5.02 Å². The van der Waals surface area contributed by atoms with Crippen molar-refractivity contribution in [2.45, 2.75) is 20.3 Å². The summed E-state index contributed by atoms with van der Waals surface area (Å²) in [5, 5.41) is 3.46. The van der Waals surface area contributed by atoms with Gasteiger partial charge < -0.3 is 10.1 Å². The summed E-state index contributed by atoms with van der Waals surface area (Å²) in [5.74, 6) is 0.804. The molecule has 0 aromatic heterocycles. The van der Waals surface area contributed by atoms with Crippen molar-refractivity contribution in [2.24, 2.45) is 0 Å². The molecule has 0 aliphatic rings. The number of carbonyl (C=O) groups excluding carboxylic acids is 1. The van der Waals surface area contributed by atoms with Crippen molar-refractivity contribution in [1.29, 1.82) is 0 Å². The molecule has 2 rings (SSSR count). The summed E-state index contributed by atoms with van der Waals surface area (Å²) in [6.07, 6.45) is 0.281. The highest BCUT2D eigenvalue weighted by molar-refractivity contribution is 6.31. The van der Waals surface area contributed by atoms with E-state index in [2.05, 4.69) is 5.32 Å². The minimum atomic E-state index is -0.0577. The Hall–Kier alpha value is -2.00. The fourth-order valence-corrected chi connectivity index (χ4v) is 2.31.